The predicted octanol–water partition coefficient (Wildman–Crippen LogP) is 3.33. The number of rotatable bonds is 5. The zero-order valence-corrected chi connectivity index (χ0v) is 17.4. The van der Waals surface area contributed by atoms with Gasteiger partial charge in [-0.25, -0.2) is 0 Å². The van der Waals surface area contributed by atoms with E-state index in [1.165, 1.54) is 18.4 Å². The highest BCUT2D eigenvalue weighted by molar-refractivity contribution is 5.84. The summed E-state index contributed by atoms with van der Waals surface area (Å²) in [6.07, 6.45) is 4.46. The van der Waals surface area contributed by atoms with Gasteiger partial charge in [0.15, 0.2) is 12.4 Å². The molecule has 5 rings (SSSR count). The zero-order chi connectivity index (χ0) is 20.5. The van der Waals surface area contributed by atoms with Crippen LogP contribution in [0.3, 0.4) is 0 Å². The molecule has 1 aliphatic carbocycles. The predicted molar refractivity (Wildman–Crippen MR) is 111 cm³/mol. The van der Waals surface area contributed by atoms with Crippen LogP contribution in [0.15, 0.2) is 33.2 Å². The van der Waals surface area contributed by atoms with Gasteiger partial charge in [0.2, 0.25) is 0 Å². The SMILES string of the molecule is Cc1cc(CN2CCN(C(=O)COc3ccc4oc5c(c4c3)CCCC5)CC2)on1. The number of piperazine rings is 1. The van der Waals surface area contributed by atoms with Crippen molar-refractivity contribution in [2.75, 3.05) is 32.8 Å². The standard InChI is InChI=1S/C23H27N3O4/c1-16-12-18(30-24-16)14-25-8-10-26(11-9-25)23(27)15-28-17-6-7-22-20(13-17)19-4-2-3-5-21(19)29-22/h6-7,12-13H,2-5,8-11,14-15H2,1H3. The van der Waals surface area contributed by atoms with Crippen molar-refractivity contribution in [3.63, 3.8) is 0 Å². The second-order valence-electron chi connectivity index (χ2n) is 8.25. The normalized spacial score (nSPS) is 17.3. The van der Waals surface area contributed by atoms with Crippen molar-refractivity contribution in [2.45, 2.75) is 39.2 Å². The van der Waals surface area contributed by atoms with E-state index in [2.05, 4.69) is 10.1 Å². The fourth-order valence-corrected chi connectivity index (χ4v) is 4.43. The summed E-state index contributed by atoms with van der Waals surface area (Å²) in [4.78, 5) is 16.8. The lowest BCUT2D eigenvalue weighted by atomic mass is 9.96. The molecule has 3 heterocycles. The highest BCUT2D eigenvalue weighted by Gasteiger charge is 2.23. The van der Waals surface area contributed by atoms with Gasteiger partial charge in [-0.15, -0.1) is 0 Å². The lowest BCUT2D eigenvalue weighted by molar-refractivity contribution is -0.135. The Kier molecular flexibility index (Phi) is 5.21. The molecule has 0 unspecified atom stereocenters. The molecular formula is C23H27N3O4. The number of aryl methyl sites for hydroxylation is 3. The van der Waals surface area contributed by atoms with Crippen molar-refractivity contribution in [3.05, 3.63) is 47.0 Å². The molecule has 1 fully saturated rings. The topological polar surface area (TPSA) is 72.0 Å². The Hall–Kier alpha value is -2.80. The first kappa shape index (κ1) is 19.2. The van der Waals surface area contributed by atoms with Gasteiger partial charge in [0, 0.05) is 49.6 Å². The van der Waals surface area contributed by atoms with Crippen LogP contribution in [-0.4, -0.2) is 53.6 Å². The van der Waals surface area contributed by atoms with Crippen LogP contribution >= 0.6 is 0 Å². The quantitative estimate of drug-likeness (QED) is 0.644. The maximum atomic E-state index is 12.6. The summed E-state index contributed by atoms with van der Waals surface area (Å²) in [5.41, 5.74) is 3.12. The third kappa shape index (κ3) is 3.94. The highest BCUT2D eigenvalue weighted by atomic mass is 16.5. The van der Waals surface area contributed by atoms with Crippen LogP contribution in [0.1, 0.15) is 35.6 Å². The number of aromatic nitrogens is 1. The van der Waals surface area contributed by atoms with Crippen molar-refractivity contribution < 1.29 is 18.5 Å². The molecule has 0 saturated carbocycles. The van der Waals surface area contributed by atoms with Crippen LogP contribution in [0.2, 0.25) is 0 Å². The number of carbonyl (C=O) groups excluding carboxylic acids is 1. The molecule has 7 nitrogen and oxygen atoms in total. The van der Waals surface area contributed by atoms with Crippen molar-refractivity contribution in [1.29, 1.82) is 0 Å². The fraction of sp³-hybridized carbons (Fsp3) is 0.478. The number of hydrogen-bond donors (Lipinski definition) is 0. The Morgan fingerprint density at radius 3 is 2.77 bits per heavy atom. The lowest BCUT2D eigenvalue weighted by Gasteiger charge is -2.34. The molecule has 30 heavy (non-hydrogen) atoms. The van der Waals surface area contributed by atoms with Gasteiger partial charge in [-0.2, -0.15) is 0 Å². The second kappa shape index (κ2) is 8.14. The van der Waals surface area contributed by atoms with E-state index in [4.69, 9.17) is 13.7 Å². The van der Waals surface area contributed by atoms with Gasteiger partial charge < -0.3 is 18.6 Å². The second-order valence-corrected chi connectivity index (χ2v) is 8.25. The molecule has 0 atom stereocenters. The first-order chi connectivity index (χ1) is 14.7. The number of fused-ring (bicyclic) bond motifs is 3. The molecule has 2 aromatic heterocycles. The van der Waals surface area contributed by atoms with Gasteiger partial charge in [-0.05, 0) is 44.4 Å². The zero-order valence-electron chi connectivity index (χ0n) is 17.4. The maximum absolute atomic E-state index is 12.6. The van der Waals surface area contributed by atoms with Gasteiger partial charge in [-0.3, -0.25) is 9.69 Å². The number of ether oxygens (including phenoxy) is 1. The molecule has 1 saturated heterocycles. The Balaban J connectivity index is 1.15. The highest BCUT2D eigenvalue weighted by Crippen LogP contribution is 2.33. The van der Waals surface area contributed by atoms with Crippen LogP contribution in [0.5, 0.6) is 5.75 Å². The van der Waals surface area contributed by atoms with E-state index in [0.29, 0.717) is 13.1 Å². The van der Waals surface area contributed by atoms with Crippen molar-refractivity contribution in [1.82, 2.24) is 15.0 Å². The third-order valence-corrected chi connectivity index (χ3v) is 6.07. The van der Waals surface area contributed by atoms with Crippen LogP contribution in [0.25, 0.3) is 11.0 Å². The minimum Gasteiger partial charge on any atom is -0.484 e. The molecule has 3 aromatic rings. The van der Waals surface area contributed by atoms with E-state index in [-0.39, 0.29) is 12.5 Å². The molecular weight excluding hydrogens is 382 g/mol. The van der Waals surface area contributed by atoms with Gasteiger partial charge in [0.25, 0.3) is 5.91 Å². The maximum Gasteiger partial charge on any atom is 0.260 e. The third-order valence-electron chi connectivity index (χ3n) is 6.07. The van der Waals surface area contributed by atoms with Crippen LogP contribution in [0, 0.1) is 6.92 Å². The van der Waals surface area contributed by atoms with Gasteiger partial charge >= 0.3 is 0 Å². The Morgan fingerprint density at radius 1 is 1.13 bits per heavy atom. The van der Waals surface area contributed by atoms with E-state index in [1.807, 2.05) is 36.1 Å². The first-order valence-electron chi connectivity index (χ1n) is 10.7. The monoisotopic (exact) mass is 409 g/mol. The van der Waals surface area contributed by atoms with Crippen LogP contribution in [0.4, 0.5) is 0 Å². The average molecular weight is 409 g/mol. The fourth-order valence-electron chi connectivity index (χ4n) is 4.43. The number of carbonyl (C=O) groups is 1. The number of hydrogen-bond acceptors (Lipinski definition) is 6. The molecule has 158 valence electrons. The van der Waals surface area contributed by atoms with E-state index in [9.17, 15) is 4.79 Å². The number of benzene rings is 1. The minimum absolute atomic E-state index is 0.0273. The summed E-state index contributed by atoms with van der Waals surface area (Å²) >= 11 is 0. The number of nitrogens with zero attached hydrogens (tertiary/aromatic N) is 3. The van der Waals surface area contributed by atoms with Crippen molar-refractivity contribution in [3.8, 4) is 5.75 Å². The van der Waals surface area contributed by atoms with Crippen LogP contribution < -0.4 is 4.74 Å². The molecule has 1 aliphatic heterocycles. The van der Waals surface area contributed by atoms with Crippen molar-refractivity contribution in [2.24, 2.45) is 0 Å². The lowest BCUT2D eigenvalue weighted by Crippen LogP contribution is -2.49. The molecule has 0 N–H and O–H groups in total. The summed E-state index contributed by atoms with van der Waals surface area (Å²) in [7, 11) is 0. The summed E-state index contributed by atoms with van der Waals surface area (Å²) in [5.74, 6) is 2.74. The smallest absolute Gasteiger partial charge is 0.260 e. The van der Waals surface area contributed by atoms with Crippen LogP contribution in [-0.2, 0) is 24.2 Å². The summed E-state index contributed by atoms with van der Waals surface area (Å²) in [5, 5.41) is 5.06. The average Bonchev–Trinajstić information content (AvgIpc) is 3.35. The molecule has 2 aliphatic rings. The molecule has 0 radical (unpaired) electrons. The molecule has 0 bridgehead atoms. The largest absolute Gasteiger partial charge is 0.484 e. The van der Waals surface area contributed by atoms with E-state index in [1.54, 1.807) is 0 Å². The first-order valence-corrected chi connectivity index (χ1v) is 10.7. The summed E-state index contributed by atoms with van der Waals surface area (Å²) in [6.45, 7) is 5.74. The molecule has 1 amide bonds. The molecule has 1 aromatic carbocycles. The van der Waals surface area contributed by atoms with E-state index in [0.717, 1.165) is 66.4 Å². The van der Waals surface area contributed by atoms with Crippen molar-refractivity contribution >= 4 is 16.9 Å². The number of furan rings is 1. The Bertz CT molecular complexity index is 1050. The van der Waals surface area contributed by atoms with Gasteiger partial charge in [-0.1, -0.05) is 5.16 Å². The van der Waals surface area contributed by atoms with Gasteiger partial charge in [0.1, 0.15) is 17.1 Å². The summed E-state index contributed by atoms with van der Waals surface area (Å²) in [6, 6.07) is 7.83. The Morgan fingerprint density at radius 2 is 1.97 bits per heavy atom. The Labute approximate surface area is 175 Å². The van der Waals surface area contributed by atoms with Gasteiger partial charge in [0.05, 0.1) is 12.2 Å². The van der Waals surface area contributed by atoms with E-state index >= 15 is 0 Å². The minimum atomic E-state index is 0.0273. The summed E-state index contributed by atoms with van der Waals surface area (Å²) < 4.78 is 17.1. The molecule has 0 spiro atoms. The number of amides is 1. The van der Waals surface area contributed by atoms with E-state index < -0.39 is 0 Å². The molecule has 7 heteroatoms.